The van der Waals surface area contributed by atoms with E-state index in [1.54, 1.807) is 0 Å². The highest BCUT2D eigenvalue weighted by Crippen LogP contribution is 2.29. The SMILES string of the molecule is Cc1nc2ccccn2c1C(=O)N1CCC(c2nc3c(C)cccc3[nH]2)CC1. The molecule has 1 aliphatic rings. The van der Waals surface area contributed by atoms with Gasteiger partial charge in [-0.25, -0.2) is 9.97 Å². The molecule has 3 aromatic heterocycles. The van der Waals surface area contributed by atoms with Gasteiger partial charge in [-0.2, -0.15) is 0 Å². The molecule has 6 nitrogen and oxygen atoms in total. The number of pyridine rings is 1. The molecule has 6 heteroatoms. The van der Waals surface area contributed by atoms with Crippen LogP contribution < -0.4 is 0 Å². The van der Waals surface area contributed by atoms with Crippen molar-refractivity contribution in [3.8, 4) is 0 Å². The van der Waals surface area contributed by atoms with Gasteiger partial charge >= 0.3 is 0 Å². The zero-order valence-corrected chi connectivity index (χ0v) is 16.1. The monoisotopic (exact) mass is 373 g/mol. The number of amides is 1. The lowest BCUT2D eigenvalue weighted by Crippen LogP contribution is -2.38. The molecule has 142 valence electrons. The highest BCUT2D eigenvalue weighted by atomic mass is 16.2. The Hall–Kier alpha value is -3.15. The standard InChI is InChI=1S/C22H23N5O/c1-14-6-5-7-17-19(14)25-21(24-17)16-9-12-26(13-10-16)22(28)20-15(2)23-18-8-3-4-11-27(18)20/h3-8,11,16H,9-10,12-13H2,1-2H3,(H,24,25). The Kier molecular flexibility index (Phi) is 3.93. The Morgan fingerprint density at radius 3 is 2.68 bits per heavy atom. The number of rotatable bonds is 2. The van der Waals surface area contributed by atoms with Crippen molar-refractivity contribution in [1.82, 2.24) is 24.3 Å². The van der Waals surface area contributed by atoms with Gasteiger partial charge in [0.1, 0.15) is 17.2 Å². The number of aromatic nitrogens is 4. The molecule has 28 heavy (non-hydrogen) atoms. The fraction of sp³-hybridized carbons (Fsp3) is 0.318. The van der Waals surface area contributed by atoms with Crippen molar-refractivity contribution >= 4 is 22.6 Å². The summed E-state index contributed by atoms with van der Waals surface area (Å²) < 4.78 is 1.89. The molecule has 1 amide bonds. The van der Waals surface area contributed by atoms with Crippen LogP contribution in [0.1, 0.15) is 46.3 Å². The first-order valence-electron chi connectivity index (χ1n) is 9.80. The molecule has 4 aromatic rings. The molecular formula is C22H23N5O. The summed E-state index contributed by atoms with van der Waals surface area (Å²) in [6.45, 7) is 5.47. The number of aromatic amines is 1. The molecule has 4 heterocycles. The van der Waals surface area contributed by atoms with E-state index in [0.717, 1.165) is 54.1 Å². The van der Waals surface area contributed by atoms with Crippen LogP contribution in [-0.2, 0) is 0 Å². The van der Waals surface area contributed by atoms with Gasteiger partial charge in [-0.15, -0.1) is 0 Å². The van der Waals surface area contributed by atoms with Crippen molar-refractivity contribution in [3.63, 3.8) is 0 Å². The van der Waals surface area contributed by atoms with Crippen LogP contribution in [0.5, 0.6) is 0 Å². The minimum atomic E-state index is 0.0649. The average Bonchev–Trinajstić information content (AvgIpc) is 3.29. The van der Waals surface area contributed by atoms with Gasteiger partial charge in [0.25, 0.3) is 5.91 Å². The molecule has 1 aromatic carbocycles. The zero-order chi connectivity index (χ0) is 19.3. The molecule has 5 rings (SSSR count). The van der Waals surface area contributed by atoms with E-state index in [1.165, 1.54) is 5.56 Å². The Morgan fingerprint density at radius 2 is 1.89 bits per heavy atom. The van der Waals surface area contributed by atoms with E-state index in [1.807, 2.05) is 40.6 Å². The maximum absolute atomic E-state index is 13.2. The molecule has 1 aliphatic heterocycles. The molecule has 0 spiro atoms. The number of hydrogen-bond donors (Lipinski definition) is 1. The van der Waals surface area contributed by atoms with Crippen LogP contribution in [-0.4, -0.2) is 43.2 Å². The number of likely N-dealkylation sites (tertiary alicyclic amines) is 1. The third kappa shape index (κ3) is 2.68. The summed E-state index contributed by atoms with van der Waals surface area (Å²) in [7, 11) is 0. The Morgan fingerprint density at radius 1 is 1.07 bits per heavy atom. The van der Waals surface area contributed by atoms with E-state index < -0.39 is 0 Å². The summed E-state index contributed by atoms with van der Waals surface area (Å²) in [6.07, 6.45) is 3.74. The Balaban J connectivity index is 1.35. The van der Waals surface area contributed by atoms with Crippen LogP contribution in [0, 0.1) is 13.8 Å². The average molecular weight is 373 g/mol. The number of nitrogens with one attached hydrogen (secondary N) is 1. The van der Waals surface area contributed by atoms with E-state index in [2.05, 4.69) is 35.1 Å². The summed E-state index contributed by atoms with van der Waals surface area (Å²) >= 11 is 0. The Bertz CT molecular complexity index is 1180. The summed E-state index contributed by atoms with van der Waals surface area (Å²) in [5.41, 5.74) is 5.61. The highest BCUT2D eigenvalue weighted by Gasteiger charge is 2.29. The van der Waals surface area contributed by atoms with Crippen molar-refractivity contribution in [2.45, 2.75) is 32.6 Å². The topological polar surface area (TPSA) is 66.3 Å². The molecule has 0 radical (unpaired) electrons. The molecule has 1 saturated heterocycles. The molecule has 1 fully saturated rings. The number of nitrogens with zero attached hydrogens (tertiary/aromatic N) is 4. The minimum absolute atomic E-state index is 0.0649. The summed E-state index contributed by atoms with van der Waals surface area (Å²) in [5.74, 6) is 1.47. The summed E-state index contributed by atoms with van der Waals surface area (Å²) in [6, 6.07) is 12.0. The van der Waals surface area contributed by atoms with E-state index in [-0.39, 0.29) is 5.91 Å². The number of piperidine rings is 1. The van der Waals surface area contributed by atoms with Crippen molar-refractivity contribution in [1.29, 1.82) is 0 Å². The van der Waals surface area contributed by atoms with Crippen LogP contribution in [0.2, 0.25) is 0 Å². The molecule has 0 atom stereocenters. The van der Waals surface area contributed by atoms with Crippen molar-refractivity contribution in [2.75, 3.05) is 13.1 Å². The predicted molar refractivity (Wildman–Crippen MR) is 109 cm³/mol. The number of fused-ring (bicyclic) bond motifs is 2. The quantitative estimate of drug-likeness (QED) is 0.580. The lowest BCUT2D eigenvalue weighted by molar-refractivity contribution is 0.0703. The fourth-order valence-corrected chi connectivity index (χ4v) is 4.26. The van der Waals surface area contributed by atoms with E-state index in [4.69, 9.17) is 4.98 Å². The van der Waals surface area contributed by atoms with Gasteiger partial charge in [-0.05, 0) is 50.5 Å². The second-order valence-electron chi connectivity index (χ2n) is 7.63. The maximum atomic E-state index is 13.2. The lowest BCUT2D eigenvalue weighted by atomic mass is 9.96. The maximum Gasteiger partial charge on any atom is 0.272 e. The lowest BCUT2D eigenvalue weighted by Gasteiger charge is -2.31. The van der Waals surface area contributed by atoms with Crippen LogP contribution in [0.3, 0.4) is 0 Å². The number of benzene rings is 1. The van der Waals surface area contributed by atoms with Crippen LogP contribution in [0.15, 0.2) is 42.6 Å². The number of carbonyl (C=O) groups excluding carboxylic acids is 1. The van der Waals surface area contributed by atoms with Gasteiger partial charge in [0.05, 0.1) is 16.7 Å². The second kappa shape index (κ2) is 6.48. The van der Waals surface area contributed by atoms with E-state index in [9.17, 15) is 4.79 Å². The van der Waals surface area contributed by atoms with Gasteiger partial charge in [-0.1, -0.05) is 18.2 Å². The van der Waals surface area contributed by atoms with E-state index >= 15 is 0 Å². The van der Waals surface area contributed by atoms with Gasteiger partial charge in [-0.3, -0.25) is 9.20 Å². The normalized spacial score (nSPS) is 15.6. The summed E-state index contributed by atoms with van der Waals surface area (Å²) in [4.78, 5) is 28.0. The van der Waals surface area contributed by atoms with E-state index in [0.29, 0.717) is 11.6 Å². The molecule has 0 bridgehead atoms. The molecule has 0 saturated carbocycles. The number of H-pyrrole nitrogens is 1. The largest absolute Gasteiger partial charge is 0.342 e. The smallest absolute Gasteiger partial charge is 0.272 e. The third-order valence-corrected chi connectivity index (χ3v) is 5.81. The number of hydrogen-bond acceptors (Lipinski definition) is 3. The van der Waals surface area contributed by atoms with Crippen molar-refractivity contribution in [3.05, 3.63) is 65.4 Å². The fourth-order valence-electron chi connectivity index (χ4n) is 4.26. The first-order valence-corrected chi connectivity index (χ1v) is 9.80. The minimum Gasteiger partial charge on any atom is -0.342 e. The molecular weight excluding hydrogens is 350 g/mol. The first kappa shape index (κ1) is 17.0. The molecule has 1 N–H and O–H groups in total. The van der Waals surface area contributed by atoms with Crippen LogP contribution in [0.25, 0.3) is 16.7 Å². The van der Waals surface area contributed by atoms with Crippen LogP contribution >= 0.6 is 0 Å². The van der Waals surface area contributed by atoms with Gasteiger partial charge in [0, 0.05) is 25.2 Å². The van der Waals surface area contributed by atoms with Crippen molar-refractivity contribution < 1.29 is 4.79 Å². The number of imidazole rings is 2. The third-order valence-electron chi connectivity index (χ3n) is 5.81. The summed E-state index contributed by atoms with van der Waals surface area (Å²) in [5, 5.41) is 0. The predicted octanol–water partition coefficient (Wildman–Crippen LogP) is 3.85. The number of aryl methyl sites for hydroxylation is 2. The van der Waals surface area contributed by atoms with Gasteiger partial charge in [0.15, 0.2) is 0 Å². The van der Waals surface area contributed by atoms with Crippen LogP contribution in [0.4, 0.5) is 0 Å². The first-order chi connectivity index (χ1) is 13.6. The molecule has 0 aliphatic carbocycles. The second-order valence-corrected chi connectivity index (χ2v) is 7.63. The highest BCUT2D eigenvalue weighted by molar-refractivity contribution is 5.94. The zero-order valence-electron chi connectivity index (χ0n) is 16.1. The van der Waals surface area contributed by atoms with Gasteiger partial charge < -0.3 is 9.88 Å². The Labute approximate surface area is 163 Å². The molecule has 0 unspecified atom stereocenters. The number of carbonyl (C=O) groups is 1. The van der Waals surface area contributed by atoms with Crippen molar-refractivity contribution in [2.24, 2.45) is 0 Å². The van der Waals surface area contributed by atoms with Gasteiger partial charge in [0.2, 0.25) is 0 Å². The number of para-hydroxylation sites is 1.